The molecule has 0 aromatic carbocycles. The van der Waals surface area contributed by atoms with Crippen molar-refractivity contribution in [3.05, 3.63) is 12.7 Å². The summed E-state index contributed by atoms with van der Waals surface area (Å²) in [7, 11) is 0. The second-order valence-electron chi connectivity index (χ2n) is 4.01. The van der Waals surface area contributed by atoms with Gasteiger partial charge in [0.15, 0.2) is 0 Å². The van der Waals surface area contributed by atoms with E-state index in [1.807, 2.05) is 6.92 Å². The van der Waals surface area contributed by atoms with Crippen LogP contribution in [0.1, 0.15) is 33.6 Å². The molecule has 0 rings (SSSR count). The molecule has 3 heteroatoms. The standard InChI is InChI=1S/C11H20O3/c1-5-7-11(14,6-2)9(8(3)4)10(12)13/h6,8-9,14H,2,5,7H2,1,3-4H3,(H,12,13). The van der Waals surface area contributed by atoms with Gasteiger partial charge in [0.2, 0.25) is 0 Å². The van der Waals surface area contributed by atoms with E-state index in [9.17, 15) is 9.90 Å². The second-order valence-corrected chi connectivity index (χ2v) is 4.01. The van der Waals surface area contributed by atoms with Crippen LogP contribution >= 0.6 is 0 Å². The lowest BCUT2D eigenvalue weighted by Crippen LogP contribution is -2.43. The highest BCUT2D eigenvalue weighted by atomic mass is 16.4. The Morgan fingerprint density at radius 2 is 2.07 bits per heavy atom. The Kier molecular flexibility index (Phi) is 4.85. The first kappa shape index (κ1) is 13.2. The molecule has 0 heterocycles. The number of hydrogen-bond acceptors (Lipinski definition) is 2. The van der Waals surface area contributed by atoms with Gasteiger partial charge in [0.1, 0.15) is 0 Å². The predicted molar refractivity (Wildman–Crippen MR) is 56.0 cm³/mol. The Labute approximate surface area is 85.4 Å². The fourth-order valence-corrected chi connectivity index (χ4v) is 1.86. The van der Waals surface area contributed by atoms with Gasteiger partial charge in [-0.1, -0.05) is 33.3 Å². The number of carboxylic acid groups (broad SMARTS) is 1. The van der Waals surface area contributed by atoms with Gasteiger partial charge in [-0.15, -0.1) is 6.58 Å². The van der Waals surface area contributed by atoms with Crippen LogP contribution in [-0.2, 0) is 4.79 Å². The molecule has 0 fully saturated rings. The molecular weight excluding hydrogens is 180 g/mol. The first-order valence-electron chi connectivity index (χ1n) is 4.97. The zero-order valence-electron chi connectivity index (χ0n) is 9.16. The van der Waals surface area contributed by atoms with Gasteiger partial charge in [-0.05, 0) is 12.3 Å². The van der Waals surface area contributed by atoms with Gasteiger partial charge < -0.3 is 10.2 Å². The summed E-state index contributed by atoms with van der Waals surface area (Å²) < 4.78 is 0. The van der Waals surface area contributed by atoms with Crippen LogP contribution in [0, 0.1) is 11.8 Å². The quantitative estimate of drug-likeness (QED) is 0.645. The van der Waals surface area contributed by atoms with Crippen LogP contribution in [0.25, 0.3) is 0 Å². The van der Waals surface area contributed by atoms with Crippen molar-refractivity contribution >= 4 is 5.97 Å². The van der Waals surface area contributed by atoms with Crippen molar-refractivity contribution in [2.45, 2.75) is 39.2 Å². The number of rotatable bonds is 6. The minimum Gasteiger partial charge on any atom is -0.481 e. The molecular formula is C11H20O3. The summed E-state index contributed by atoms with van der Waals surface area (Å²) in [6.45, 7) is 9.02. The number of carboxylic acids is 1. The number of hydrogen-bond donors (Lipinski definition) is 2. The van der Waals surface area contributed by atoms with Gasteiger partial charge in [0.05, 0.1) is 11.5 Å². The topological polar surface area (TPSA) is 57.5 Å². The van der Waals surface area contributed by atoms with Gasteiger partial charge in [-0.3, -0.25) is 4.79 Å². The third kappa shape index (κ3) is 2.84. The minimum absolute atomic E-state index is 0.109. The number of aliphatic carboxylic acids is 1. The lowest BCUT2D eigenvalue weighted by Gasteiger charge is -2.33. The largest absolute Gasteiger partial charge is 0.481 e. The van der Waals surface area contributed by atoms with Gasteiger partial charge in [-0.2, -0.15) is 0 Å². The zero-order chi connectivity index (χ0) is 11.4. The van der Waals surface area contributed by atoms with E-state index in [4.69, 9.17) is 5.11 Å². The van der Waals surface area contributed by atoms with Crippen molar-refractivity contribution in [1.29, 1.82) is 0 Å². The number of carbonyl (C=O) groups is 1. The van der Waals surface area contributed by atoms with E-state index in [-0.39, 0.29) is 5.92 Å². The molecule has 0 aliphatic heterocycles. The summed E-state index contributed by atoms with van der Waals surface area (Å²) in [5.41, 5.74) is -1.28. The average Bonchev–Trinajstić information content (AvgIpc) is 2.03. The van der Waals surface area contributed by atoms with Crippen molar-refractivity contribution < 1.29 is 15.0 Å². The van der Waals surface area contributed by atoms with Crippen molar-refractivity contribution in [2.24, 2.45) is 11.8 Å². The van der Waals surface area contributed by atoms with E-state index < -0.39 is 17.5 Å². The fraction of sp³-hybridized carbons (Fsp3) is 0.727. The second kappa shape index (κ2) is 5.15. The number of aliphatic hydroxyl groups is 1. The Balaban J connectivity index is 4.92. The maximum Gasteiger partial charge on any atom is 0.310 e. The SMILES string of the molecule is C=CC(O)(CCC)C(C(=O)O)C(C)C. The highest BCUT2D eigenvalue weighted by Gasteiger charge is 2.40. The van der Waals surface area contributed by atoms with Crippen LogP contribution in [0.15, 0.2) is 12.7 Å². The van der Waals surface area contributed by atoms with Crippen molar-refractivity contribution in [3.63, 3.8) is 0 Å². The van der Waals surface area contributed by atoms with Gasteiger partial charge in [0.25, 0.3) is 0 Å². The monoisotopic (exact) mass is 200 g/mol. The molecule has 2 atom stereocenters. The maximum absolute atomic E-state index is 11.0. The van der Waals surface area contributed by atoms with Gasteiger partial charge in [-0.25, -0.2) is 0 Å². The summed E-state index contributed by atoms with van der Waals surface area (Å²) in [5.74, 6) is -1.85. The molecule has 0 bridgehead atoms. The summed E-state index contributed by atoms with van der Waals surface area (Å²) >= 11 is 0. The lowest BCUT2D eigenvalue weighted by molar-refractivity contribution is -0.152. The Bertz CT molecular complexity index is 211. The smallest absolute Gasteiger partial charge is 0.310 e. The molecule has 0 radical (unpaired) electrons. The molecule has 0 spiro atoms. The average molecular weight is 200 g/mol. The highest BCUT2D eigenvalue weighted by Crippen LogP contribution is 2.30. The molecule has 82 valence electrons. The van der Waals surface area contributed by atoms with Gasteiger partial charge in [0, 0.05) is 0 Å². The third-order valence-corrected chi connectivity index (χ3v) is 2.48. The zero-order valence-corrected chi connectivity index (χ0v) is 9.16. The van der Waals surface area contributed by atoms with E-state index in [0.717, 1.165) is 6.42 Å². The molecule has 3 nitrogen and oxygen atoms in total. The normalized spacial score (nSPS) is 17.5. The Morgan fingerprint density at radius 1 is 1.57 bits per heavy atom. The van der Waals surface area contributed by atoms with Crippen LogP contribution < -0.4 is 0 Å². The molecule has 2 N–H and O–H groups in total. The molecule has 0 aromatic heterocycles. The van der Waals surface area contributed by atoms with Crippen molar-refractivity contribution in [1.82, 2.24) is 0 Å². The van der Waals surface area contributed by atoms with Crippen molar-refractivity contribution in [3.8, 4) is 0 Å². The van der Waals surface area contributed by atoms with Crippen LogP contribution in [-0.4, -0.2) is 21.8 Å². The van der Waals surface area contributed by atoms with E-state index in [1.165, 1.54) is 6.08 Å². The summed E-state index contributed by atoms with van der Waals surface area (Å²) in [5, 5.41) is 19.2. The van der Waals surface area contributed by atoms with Gasteiger partial charge >= 0.3 is 5.97 Å². The van der Waals surface area contributed by atoms with Crippen LogP contribution in [0.3, 0.4) is 0 Å². The predicted octanol–water partition coefficient (Wildman–Crippen LogP) is 2.06. The molecule has 0 saturated heterocycles. The van der Waals surface area contributed by atoms with Crippen molar-refractivity contribution in [2.75, 3.05) is 0 Å². The molecule has 0 saturated carbocycles. The van der Waals surface area contributed by atoms with E-state index in [1.54, 1.807) is 13.8 Å². The molecule has 0 amide bonds. The highest BCUT2D eigenvalue weighted by molar-refractivity contribution is 5.72. The van der Waals surface area contributed by atoms with Crippen LogP contribution in [0.2, 0.25) is 0 Å². The molecule has 14 heavy (non-hydrogen) atoms. The molecule has 0 aromatic rings. The minimum atomic E-state index is -1.28. The van der Waals surface area contributed by atoms with Crippen LogP contribution in [0.5, 0.6) is 0 Å². The van der Waals surface area contributed by atoms with Crippen LogP contribution in [0.4, 0.5) is 0 Å². The fourth-order valence-electron chi connectivity index (χ4n) is 1.86. The first-order chi connectivity index (χ1) is 6.39. The lowest BCUT2D eigenvalue weighted by atomic mass is 9.77. The van der Waals surface area contributed by atoms with E-state index in [2.05, 4.69) is 6.58 Å². The third-order valence-electron chi connectivity index (χ3n) is 2.48. The summed E-state index contributed by atoms with van der Waals surface area (Å²) in [6, 6.07) is 0. The first-order valence-corrected chi connectivity index (χ1v) is 4.97. The molecule has 0 aliphatic carbocycles. The van der Waals surface area contributed by atoms with E-state index >= 15 is 0 Å². The molecule has 0 aliphatic rings. The molecule has 2 unspecified atom stereocenters. The summed E-state index contributed by atoms with van der Waals surface area (Å²) in [6.07, 6.45) is 2.53. The van der Waals surface area contributed by atoms with E-state index in [0.29, 0.717) is 6.42 Å². The summed E-state index contributed by atoms with van der Waals surface area (Å²) in [4.78, 5) is 11.0. The maximum atomic E-state index is 11.0. The Hall–Kier alpha value is -0.830. The Morgan fingerprint density at radius 3 is 2.29 bits per heavy atom.